The van der Waals surface area contributed by atoms with Crippen LogP contribution in [0.3, 0.4) is 0 Å². The van der Waals surface area contributed by atoms with Crippen molar-refractivity contribution >= 4 is 39.8 Å². The molecule has 7 heteroatoms. The third kappa shape index (κ3) is 5.89. The third-order valence-electron chi connectivity index (χ3n) is 3.11. The fourth-order valence-electron chi connectivity index (χ4n) is 1.92. The highest BCUT2D eigenvalue weighted by molar-refractivity contribution is 9.10. The Balaban J connectivity index is 2.23. The van der Waals surface area contributed by atoms with E-state index in [1.807, 2.05) is 6.07 Å². The van der Waals surface area contributed by atoms with Crippen LogP contribution in [-0.4, -0.2) is 29.4 Å². The predicted molar refractivity (Wildman–Crippen MR) is 96.7 cm³/mol. The van der Waals surface area contributed by atoms with E-state index in [-0.39, 0.29) is 5.70 Å². The molecule has 0 aliphatic carbocycles. The molecule has 0 spiro atoms. The number of amides is 2. The van der Waals surface area contributed by atoms with Crippen molar-refractivity contribution in [3.05, 3.63) is 75.9 Å². The van der Waals surface area contributed by atoms with E-state index in [0.29, 0.717) is 11.1 Å². The van der Waals surface area contributed by atoms with Crippen molar-refractivity contribution in [2.24, 2.45) is 0 Å². The minimum atomic E-state index is -1.17. The molecule has 0 fully saturated rings. The molecule has 0 unspecified atom stereocenters. The van der Waals surface area contributed by atoms with Gasteiger partial charge in [-0.1, -0.05) is 46.3 Å². The van der Waals surface area contributed by atoms with E-state index in [9.17, 15) is 14.4 Å². The number of carbonyl (C=O) groups is 3. The number of carbonyl (C=O) groups excluding carboxylic acids is 2. The van der Waals surface area contributed by atoms with Crippen LogP contribution in [0.2, 0.25) is 0 Å². The van der Waals surface area contributed by atoms with Gasteiger partial charge in [-0.05, 0) is 35.9 Å². The quantitative estimate of drug-likeness (QED) is 0.646. The van der Waals surface area contributed by atoms with Crippen molar-refractivity contribution < 1.29 is 19.5 Å². The lowest BCUT2D eigenvalue weighted by Gasteiger charge is -2.10. The van der Waals surface area contributed by atoms with E-state index in [2.05, 4.69) is 26.6 Å². The molecule has 0 aliphatic heterocycles. The van der Waals surface area contributed by atoms with Gasteiger partial charge in [0.25, 0.3) is 11.8 Å². The Hall–Kier alpha value is -2.93. The van der Waals surface area contributed by atoms with E-state index >= 15 is 0 Å². The average molecular weight is 403 g/mol. The van der Waals surface area contributed by atoms with Gasteiger partial charge in [-0.3, -0.25) is 14.4 Å². The molecule has 2 rings (SSSR count). The van der Waals surface area contributed by atoms with Crippen LogP contribution in [0.5, 0.6) is 0 Å². The maximum atomic E-state index is 12.3. The number of nitrogens with one attached hydrogen (secondary N) is 2. The lowest BCUT2D eigenvalue weighted by atomic mass is 10.1. The number of rotatable bonds is 6. The molecule has 0 saturated carbocycles. The summed E-state index contributed by atoms with van der Waals surface area (Å²) >= 11 is 3.28. The molecule has 0 radical (unpaired) electrons. The van der Waals surface area contributed by atoms with Crippen molar-refractivity contribution in [2.75, 3.05) is 6.54 Å². The monoisotopic (exact) mass is 402 g/mol. The Morgan fingerprint density at radius 2 is 1.64 bits per heavy atom. The third-order valence-corrected chi connectivity index (χ3v) is 3.64. The summed E-state index contributed by atoms with van der Waals surface area (Å²) < 4.78 is 0.823. The number of carboxylic acid groups (broad SMARTS) is 1. The molecule has 0 aromatic heterocycles. The van der Waals surface area contributed by atoms with Gasteiger partial charge in [0, 0.05) is 10.0 Å². The van der Waals surface area contributed by atoms with Crippen LogP contribution in [0.25, 0.3) is 6.08 Å². The van der Waals surface area contributed by atoms with Gasteiger partial charge >= 0.3 is 5.97 Å². The fraction of sp³-hybridized carbons (Fsp3) is 0.0556. The summed E-state index contributed by atoms with van der Waals surface area (Å²) in [6, 6.07) is 15.5. The molecular weight excluding hydrogens is 388 g/mol. The van der Waals surface area contributed by atoms with Crippen molar-refractivity contribution in [3.63, 3.8) is 0 Å². The van der Waals surface area contributed by atoms with E-state index < -0.39 is 24.3 Å². The zero-order valence-electron chi connectivity index (χ0n) is 13.0. The second-order valence-electron chi connectivity index (χ2n) is 5.01. The number of hydrogen-bond donors (Lipinski definition) is 3. The molecule has 3 N–H and O–H groups in total. The summed E-state index contributed by atoms with van der Waals surface area (Å²) in [5, 5.41) is 13.5. The summed E-state index contributed by atoms with van der Waals surface area (Å²) in [5.41, 5.74) is 1.02. The van der Waals surface area contributed by atoms with Crippen LogP contribution in [0, 0.1) is 0 Å². The highest BCUT2D eigenvalue weighted by Crippen LogP contribution is 2.11. The van der Waals surface area contributed by atoms with E-state index in [1.54, 1.807) is 48.5 Å². The standard InChI is InChI=1S/C18H15BrN2O4/c19-14-8-6-13(7-9-14)17(24)21-15(18(25)20-11-16(22)23)10-12-4-2-1-3-5-12/h1-10H,11H2,(H,20,25)(H,21,24)(H,22,23)/b15-10-. The summed E-state index contributed by atoms with van der Waals surface area (Å²) in [6.07, 6.45) is 1.48. The van der Waals surface area contributed by atoms with Crippen LogP contribution in [0.4, 0.5) is 0 Å². The first-order valence-electron chi connectivity index (χ1n) is 7.29. The zero-order chi connectivity index (χ0) is 18.2. The highest BCUT2D eigenvalue weighted by atomic mass is 79.9. The Kier molecular flexibility index (Phi) is 6.47. The molecule has 25 heavy (non-hydrogen) atoms. The van der Waals surface area contributed by atoms with Crippen molar-refractivity contribution in [2.45, 2.75) is 0 Å². The first-order chi connectivity index (χ1) is 12.0. The lowest BCUT2D eigenvalue weighted by molar-refractivity contribution is -0.137. The Bertz CT molecular complexity index is 802. The van der Waals surface area contributed by atoms with Gasteiger partial charge < -0.3 is 15.7 Å². The van der Waals surface area contributed by atoms with Gasteiger partial charge in [0.2, 0.25) is 0 Å². The maximum absolute atomic E-state index is 12.3. The Labute approximate surface area is 152 Å². The van der Waals surface area contributed by atoms with Crippen molar-refractivity contribution in [1.29, 1.82) is 0 Å². The zero-order valence-corrected chi connectivity index (χ0v) is 14.6. The molecule has 6 nitrogen and oxygen atoms in total. The van der Waals surface area contributed by atoms with Gasteiger partial charge in [-0.2, -0.15) is 0 Å². The fourth-order valence-corrected chi connectivity index (χ4v) is 2.19. The topological polar surface area (TPSA) is 95.5 Å². The summed E-state index contributed by atoms with van der Waals surface area (Å²) in [6.45, 7) is -0.543. The first kappa shape index (κ1) is 18.4. The normalized spacial score (nSPS) is 10.8. The van der Waals surface area contributed by atoms with E-state index in [1.165, 1.54) is 6.08 Å². The van der Waals surface area contributed by atoms with Gasteiger partial charge in [0.05, 0.1) is 0 Å². The highest BCUT2D eigenvalue weighted by Gasteiger charge is 2.15. The molecule has 0 heterocycles. The minimum Gasteiger partial charge on any atom is -0.480 e. The molecule has 2 aromatic carbocycles. The smallest absolute Gasteiger partial charge is 0.322 e. The molecular formula is C18H15BrN2O4. The van der Waals surface area contributed by atoms with Crippen LogP contribution < -0.4 is 10.6 Å². The van der Waals surface area contributed by atoms with Crippen LogP contribution in [0.15, 0.2) is 64.8 Å². The average Bonchev–Trinajstić information content (AvgIpc) is 2.60. The molecule has 0 atom stereocenters. The van der Waals surface area contributed by atoms with Crippen molar-refractivity contribution in [3.8, 4) is 0 Å². The predicted octanol–water partition coefficient (Wildman–Crippen LogP) is 2.42. The summed E-state index contributed by atoms with van der Waals surface area (Å²) in [7, 11) is 0. The lowest BCUT2D eigenvalue weighted by Crippen LogP contribution is -2.37. The number of carboxylic acids is 1. The van der Waals surface area contributed by atoms with Gasteiger partial charge in [-0.15, -0.1) is 0 Å². The second kappa shape index (κ2) is 8.79. The maximum Gasteiger partial charge on any atom is 0.322 e. The summed E-state index contributed by atoms with van der Waals surface area (Å²) in [5.74, 6) is -2.33. The molecule has 2 amide bonds. The Morgan fingerprint density at radius 3 is 2.24 bits per heavy atom. The molecule has 0 bridgehead atoms. The first-order valence-corrected chi connectivity index (χ1v) is 8.08. The van der Waals surface area contributed by atoms with Crippen molar-refractivity contribution in [1.82, 2.24) is 10.6 Å². The minimum absolute atomic E-state index is 0.0413. The van der Waals surface area contributed by atoms with Crippen LogP contribution >= 0.6 is 15.9 Å². The second-order valence-corrected chi connectivity index (χ2v) is 5.92. The van der Waals surface area contributed by atoms with E-state index in [0.717, 1.165) is 4.47 Å². The van der Waals surface area contributed by atoms with E-state index in [4.69, 9.17) is 5.11 Å². The van der Waals surface area contributed by atoms with Gasteiger partial charge in [0.1, 0.15) is 12.2 Å². The van der Waals surface area contributed by atoms with Gasteiger partial charge in [0.15, 0.2) is 0 Å². The molecule has 0 saturated heterocycles. The van der Waals surface area contributed by atoms with Crippen LogP contribution in [0.1, 0.15) is 15.9 Å². The molecule has 2 aromatic rings. The molecule has 0 aliphatic rings. The van der Waals surface area contributed by atoms with Crippen LogP contribution in [-0.2, 0) is 9.59 Å². The van der Waals surface area contributed by atoms with Gasteiger partial charge in [-0.25, -0.2) is 0 Å². The number of halogens is 1. The summed E-state index contributed by atoms with van der Waals surface area (Å²) in [4.78, 5) is 35.2. The number of aliphatic carboxylic acids is 1. The Morgan fingerprint density at radius 1 is 1.00 bits per heavy atom. The largest absolute Gasteiger partial charge is 0.480 e. The molecule has 128 valence electrons. The SMILES string of the molecule is O=C(O)CNC(=O)/C(=C/c1ccccc1)NC(=O)c1ccc(Br)cc1. The number of benzene rings is 2. The number of hydrogen-bond acceptors (Lipinski definition) is 3.